The molecule has 0 aliphatic carbocycles. The first-order valence-corrected chi connectivity index (χ1v) is 6.27. The molecule has 0 saturated carbocycles. The Labute approximate surface area is 116 Å². The third-order valence-corrected chi connectivity index (χ3v) is 3.31. The lowest BCUT2D eigenvalue weighted by Crippen LogP contribution is -2.23. The van der Waals surface area contributed by atoms with Gasteiger partial charge in [-0.3, -0.25) is 10.4 Å². The highest BCUT2D eigenvalue weighted by Gasteiger charge is 2.08. The molecule has 0 atom stereocenters. The first-order chi connectivity index (χ1) is 9.66. The van der Waals surface area contributed by atoms with Crippen LogP contribution in [-0.4, -0.2) is 22.5 Å². The third kappa shape index (κ3) is 1.99. The van der Waals surface area contributed by atoms with E-state index in [1.165, 1.54) is 0 Å². The van der Waals surface area contributed by atoms with Crippen LogP contribution in [0.25, 0.3) is 11.0 Å². The Morgan fingerprint density at radius 3 is 2.55 bits per heavy atom. The number of hydrogen-bond acceptors (Lipinski definition) is 3. The summed E-state index contributed by atoms with van der Waals surface area (Å²) in [4.78, 5) is 4.38. The van der Waals surface area contributed by atoms with Gasteiger partial charge in [0.25, 0.3) is 0 Å². The molecule has 0 amide bonds. The van der Waals surface area contributed by atoms with E-state index >= 15 is 0 Å². The van der Waals surface area contributed by atoms with Gasteiger partial charge in [-0.2, -0.15) is 0 Å². The van der Waals surface area contributed by atoms with E-state index in [1.54, 1.807) is 6.33 Å². The van der Waals surface area contributed by atoms with E-state index in [4.69, 9.17) is 11.1 Å². The molecule has 2 aromatic carbocycles. The minimum absolute atomic E-state index is 0.0762. The number of nitrogens with zero attached hydrogens (tertiary/aromatic N) is 3. The Morgan fingerprint density at radius 1 is 1.15 bits per heavy atom. The number of nitrogen functional groups attached to an aromatic ring is 1. The second kappa shape index (κ2) is 4.70. The van der Waals surface area contributed by atoms with Crippen LogP contribution in [0.15, 0.2) is 54.9 Å². The maximum atomic E-state index is 7.41. The number of nitrogens with one attached hydrogen (secondary N) is 1. The molecule has 0 radical (unpaired) electrons. The van der Waals surface area contributed by atoms with E-state index in [-0.39, 0.29) is 5.84 Å². The molecule has 0 spiro atoms. The fourth-order valence-corrected chi connectivity index (χ4v) is 2.17. The normalized spacial score (nSPS) is 10.7. The molecular weight excluding hydrogens is 250 g/mol. The van der Waals surface area contributed by atoms with Crippen molar-refractivity contribution in [2.45, 2.75) is 0 Å². The van der Waals surface area contributed by atoms with Crippen molar-refractivity contribution in [1.29, 1.82) is 5.41 Å². The number of aromatic nitrogens is 2. The molecule has 0 fully saturated rings. The molecule has 0 aliphatic rings. The topological polar surface area (TPSA) is 70.9 Å². The zero-order valence-corrected chi connectivity index (χ0v) is 11.1. The summed E-state index contributed by atoms with van der Waals surface area (Å²) >= 11 is 0. The molecule has 0 unspecified atom stereocenters. The number of benzene rings is 2. The van der Waals surface area contributed by atoms with E-state index in [1.807, 2.05) is 65.3 Å². The van der Waals surface area contributed by atoms with Gasteiger partial charge in [-0.25, -0.2) is 9.66 Å². The minimum atomic E-state index is 0.0762. The molecule has 100 valence electrons. The molecule has 5 heteroatoms. The Bertz CT molecular complexity index is 757. The van der Waals surface area contributed by atoms with Gasteiger partial charge in [0, 0.05) is 12.6 Å². The standard InChI is InChI=1S/C15H15N5/c1-19(12-8-6-11(7-9-12)15(16)17)20-10-18-13-4-2-3-5-14(13)20/h2-10H,1H3,(H3,16,17). The van der Waals surface area contributed by atoms with E-state index in [2.05, 4.69) is 4.98 Å². The monoisotopic (exact) mass is 265 g/mol. The highest BCUT2D eigenvalue weighted by molar-refractivity contribution is 5.95. The highest BCUT2D eigenvalue weighted by Crippen LogP contribution is 2.19. The SMILES string of the molecule is CN(c1ccc(C(=N)N)cc1)n1cnc2ccccc21. The van der Waals surface area contributed by atoms with Crippen molar-refractivity contribution in [1.82, 2.24) is 9.66 Å². The second-order valence-electron chi connectivity index (χ2n) is 4.56. The van der Waals surface area contributed by atoms with Crippen molar-refractivity contribution in [3.8, 4) is 0 Å². The molecule has 5 nitrogen and oxygen atoms in total. The first-order valence-electron chi connectivity index (χ1n) is 6.27. The van der Waals surface area contributed by atoms with Crippen LogP contribution < -0.4 is 10.7 Å². The van der Waals surface area contributed by atoms with E-state index in [0.717, 1.165) is 22.3 Å². The Kier molecular flexibility index (Phi) is 2.87. The van der Waals surface area contributed by atoms with Crippen LogP contribution in [0.4, 0.5) is 5.69 Å². The second-order valence-corrected chi connectivity index (χ2v) is 4.56. The lowest BCUT2D eigenvalue weighted by atomic mass is 10.2. The van der Waals surface area contributed by atoms with Gasteiger partial charge in [-0.15, -0.1) is 0 Å². The van der Waals surface area contributed by atoms with Crippen molar-refractivity contribution in [3.63, 3.8) is 0 Å². The number of anilines is 1. The summed E-state index contributed by atoms with van der Waals surface area (Å²) in [6.07, 6.45) is 1.80. The average Bonchev–Trinajstić information content (AvgIpc) is 2.90. The number of nitrogens with two attached hydrogens (primary N) is 1. The highest BCUT2D eigenvalue weighted by atomic mass is 15.5. The summed E-state index contributed by atoms with van der Waals surface area (Å²) in [5.74, 6) is 0.0762. The molecule has 0 saturated heterocycles. The predicted molar refractivity (Wildman–Crippen MR) is 81.0 cm³/mol. The summed E-state index contributed by atoms with van der Waals surface area (Å²) in [5.41, 5.74) is 9.19. The third-order valence-electron chi connectivity index (χ3n) is 3.31. The van der Waals surface area contributed by atoms with Gasteiger partial charge >= 0.3 is 0 Å². The largest absolute Gasteiger partial charge is 0.384 e. The van der Waals surface area contributed by atoms with Gasteiger partial charge < -0.3 is 5.73 Å². The molecule has 0 aliphatic heterocycles. The van der Waals surface area contributed by atoms with Crippen molar-refractivity contribution in [3.05, 3.63) is 60.4 Å². The van der Waals surface area contributed by atoms with Crippen molar-refractivity contribution < 1.29 is 0 Å². The molecule has 3 aromatic rings. The van der Waals surface area contributed by atoms with Gasteiger partial charge in [-0.1, -0.05) is 12.1 Å². The van der Waals surface area contributed by atoms with Crippen LogP contribution in [0, 0.1) is 5.41 Å². The van der Waals surface area contributed by atoms with Gasteiger partial charge in [0.1, 0.15) is 12.2 Å². The average molecular weight is 265 g/mol. The van der Waals surface area contributed by atoms with Gasteiger partial charge in [0.2, 0.25) is 0 Å². The summed E-state index contributed by atoms with van der Waals surface area (Å²) in [6, 6.07) is 15.5. The van der Waals surface area contributed by atoms with Crippen molar-refractivity contribution in [2.24, 2.45) is 5.73 Å². The molecule has 1 aromatic heterocycles. The van der Waals surface area contributed by atoms with E-state index in [9.17, 15) is 0 Å². The Balaban J connectivity index is 1.99. The summed E-state index contributed by atoms with van der Waals surface area (Å²) < 4.78 is 1.98. The predicted octanol–water partition coefficient (Wildman–Crippen LogP) is 2.22. The molecule has 3 N–H and O–H groups in total. The Morgan fingerprint density at radius 2 is 1.85 bits per heavy atom. The maximum absolute atomic E-state index is 7.41. The molecule has 3 rings (SSSR count). The number of amidine groups is 1. The lowest BCUT2D eigenvalue weighted by molar-refractivity contribution is 0.798. The number of para-hydroxylation sites is 2. The van der Waals surface area contributed by atoms with Crippen molar-refractivity contribution >= 4 is 22.6 Å². The number of rotatable bonds is 3. The first kappa shape index (κ1) is 12.2. The van der Waals surface area contributed by atoms with E-state index in [0.29, 0.717) is 0 Å². The summed E-state index contributed by atoms with van der Waals surface area (Å²) in [5, 5.41) is 9.41. The Hall–Kier alpha value is -2.82. The fourth-order valence-electron chi connectivity index (χ4n) is 2.17. The van der Waals surface area contributed by atoms with Crippen LogP contribution in [0.2, 0.25) is 0 Å². The maximum Gasteiger partial charge on any atom is 0.122 e. The zero-order valence-electron chi connectivity index (χ0n) is 11.1. The minimum Gasteiger partial charge on any atom is -0.384 e. The van der Waals surface area contributed by atoms with Gasteiger partial charge in [0.15, 0.2) is 0 Å². The summed E-state index contributed by atoms with van der Waals surface area (Å²) in [6.45, 7) is 0. The number of hydrogen-bond donors (Lipinski definition) is 2. The van der Waals surface area contributed by atoms with Crippen molar-refractivity contribution in [2.75, 3.05) is 12.1 Å². The number of fused-ring (bicyclic) bond motifs is 1. The number of imidazole rings is 1. The van der Waals surface area contributed by atoms with Crippen LogP contribution in [0.1, 0.15) is 5.56 Å². The smallest absolute Gasteiger partial charge is 0.122 e. The van der Waals surface area contributed by atoms with E-state index < -0.39 is 0 Å². The zero-order chi connectivity index (χ0) is 14.1. The molecular formula is C15H15N5. The van der Waals surface area contributed by atoms with Crippen LogP contribution in [0.5, 0.6) is 0 Å². The molecule has 0 bridgehead atoms. The van der Waals surface area contributed by atoms with Crippen LogP contribution in [0.3, 0.4) is 0 Å². The lowest BCUT2D eigenvalue weighted by Gasteiger charge is -2.21. The quantitative estimate of drug-likeness (QED) is 0.563. The molecule has 1 heterocycles. The van der Waals surface area contributed by atoms with Crippen LogP contribution in [-0.2, 0) is 0 Å². The molecule has 20 heavy (non-hydrogen) atoms. The van der Waals surface area contributed by atoms with Crippen LogP contribution >= 0.6 is 0 Å². The summed E-state index contributed by atoms with van der Waals surface area (Å²) in [7, 11) is 1.97. The fraction of sp³-hybridized carbons (Fsp3) is 0.0667. The van der Waals surface area contributed by atoms with Gasteiger partial charge in [-0.05, 0) is 36.4 Å². The van der Waals surface area contributed by atoms with Gasteiger partial charge in [0.05, 0.1) is 16.7 Å².